The van der Waals surface area contributed by atoms with Crippen LogP contribution in [0.5, 0.6) is 0 Å². The van der Waals surface area contributed by atoms with Gasteiger partial charge in [0.1, 0.15) is 0 Å². The van der Waals surface area contributed by atoms with Crippen LogP contribution in [0.25, 0.3) is 0 Å². The highest BCUT2D eigenvalue weighted by molar-refractivity contribution is 4.90. The SMILES string of the molecule is CCCCCCCCCCCCn1cc(CN)nn1. The Morgan fingerprint density at radius 3 is 2.05 bits per heavy atom. The summed E-state index contributed by atoms with van der Waals surface area (Å²) in [5.41, 5.74) is 6.38. The number of aryl methyl sites for hydroxylation is 1. The van der Waals surface area contributed by atoms with Crippen molar-refractivity contribution in [1.29, 1.82) is 0 Å². The van der Waals surface area contributed by atoms with Gasteiger partial charge in [-0.2, -0.15) is 0 Å². The minimum atomic E-state index is 0.484. The molecule has 0 amide bonds. The van der Waals surface area contributed by atoms with Crippen molar-refractivity contribution in [1.82, 2.24) is 15.0 Å². The highest BCUT2D eigenvalue weighted by Crippen LogP contribution is 2.10. The lowest BCUT2D eigenvalue weighted by Gasteiger charge is -2.02. The third kappa shape index (κ3) is 7.98. The second kappa shape index (κ2) is 11.0. The fourth-order valence-electron chi connectivity index (χ4n) is 2.30. The van der Waals surface area contributed by atoms with Gasteiger partial charge in [0.05, 0.1) is 5.69 Å². The Morgan fingerprint density at radius 2 is 1.53 bits per heavy atom. The molecule has 2 N–H and O–H groups in total. The fraction of sp³-hybridized carbons (Fsp3) is 0.867. The van der Waals surface area contributed by atoms with Crippen molar-refractivity contribution in [3.05, 3.63) is 11.9 Å². The Bertz CT molecular complexity index is 309. The van der Waals surface area contributed by atoms with Gasteiger partial charge in [0.2, 0.25) is 0 Å². The van der Waals surface area contributed by atoms with Crippen LogP contribution in [0.1, 0.15) is 76.8 Å². The zero-order valence-corrected chi connectivity index (χ0v) is 12.5. The van der Waals surface area contributed by atoms with E-state index >= 15 is 0 Å². The minimum absolute atomic E-state index is 0.484. The predicted molar refractivity (Wildman–Crippen MR) is 79.8 cm³/mol. The summed E-state index contributed by atoms with van der Waals surface area (Å²) in [6, 6.07) is 0. The normalized spacial score (nSPS) is 11.1. The second-order valence-electron chi connectivity index (χ2n) is 5.36. The standard InChI is InChI=1S/C15H30N4/c1-2-3-4-5-6-7-8-9-10-11-12-19-14-15(13-16)17-18-19/h14H,2-13,16H2,1H3. The summed E-state index contributed by atoms with van der Waals surface area (Å²) in [4.78, 5) is 0. The van der Waals surface area contributed by atoms with E-state index in [0.29, 0.717) is 6.54 Å². The molecule has 0 aliphatic rings. The third-order valence-corrected chi connectivity index (χ3v) is 3.54. The topological polar surface area (TPSA) is 56.7 Å². The van der Waals surface area contributed by atoms with Crippen LogP contribution in [0.15, 0.2) is 6.20 Å². The van der Waals surface area contributed by atoms with Crippen molar-refractivity contribution in [3.63, 3.8) is 0 Å². The molecule has 0 spiro atoms. The molecule has 0 radical (unpaired) electrons. The van der Waals surface area contributed by atoms with Gasteiger partial charge in [-0.05, 0) is 6.42 Å². The van der Waals surface area contributed by atoms with Crippen molar-refractivity contribution in [2.24, 2.45) is 5.73 Å². The number of nitrogens with zero attached hydrogens (tertiary/aromatic N) is 3. The Balaban J connectivity index is 1.86. The monoisotopic (exact) mass is 266 g/mol. The summed E-state index contributed by atoms with van der Waals surface area (Å²) in [6.45, 7) is 3.73. The van der Waals surface area contributed by atoms with Crippen LogP contribution in [0, 0.1) is 0 Å². The molecule has 4 heteroatoms. The average molecular weight is 266 g/mol. The molecule has 0 aliphatic heterocycles. The molecule has 1 rings (SSSR count). The van der Waals surface area contributed by atoms with Crippen LogP contribution in [-0.2, 0) is 13.1 Å². The van der Waals surface area contributed by atoms with Crippen molar-refractivity contribution >= 4 is 0 Å². The van der Waals surface area contributed by atoms with Gasteiger partial charge in [0.25, 0.3) is 0 Å². The predicted octanol–water partition coefficient (Wildman–Crippen LogP) is 3.66. The van der Waals surface area contributed by atoms with E-state index in [1.165, 1.54) is 64.2 Å². The molecule has 0 saturated heterocycles. The molecule has 110 valence electrons. The molecule has 1 heterocycles. The average Bonchev–Trinajstić information content (AvgIpc) is 2.89. The number of unbranched alkanes of at least 4 members (excludes halogenated alkanes) is 9. The molecular formula is C15H30N4. The fourth-order valence-corrected chi connectivity index (χ4v) is 2.30. The van der Waals surface area contributed by atoms with Crippen LogP contribution in [0.3, 0.4) is 0 Å². The van der Waals surface area contributed by atoms with E-state index < -0.39 is 0 Å². The van der Waals surface area contributed by atoms with E-state index in [4.69, 9.17) is 5.73 Å². The van der Waals surface area contributed by atoms with E-state index in [-0.39, 0.29) is 0 Å². The number of aromatic nitrogens is 3. The molecule has 19 heavy (non-hydrogen) atoms. The number of hydrogen-bond acceptors (Lipinski definition) is 3. The first-order chi connectivity index (χ1) is 9.36. The molecule has 0 fully saturated rings. The first kappa shape index (κ1) is 16.2. The van der Waals surface area contributed by atoms with Crippen LogP contribution in [0.4, 0.5) is 0 Å². The van der Waals surface area contributed by atoms with Gasteiger partial charge in [0.15, 0.2) is 0 Å². The quantitative estimate of drug-likeness (QED) is 0.587. The van der Waals surface area contributed by atoms with E-state index in [1.54, 1.807) is 0 Å². The molecule has 0 unspecified atom stereocenters. The van der Waals surface area contributed by atoms with E-state index in [0.717, 1.165) is 12.2 Å². The molecular weight excluding hydrogens is 236 g/mol. The maximum absolute atomic E-state index is 5.50. The first-order valence-electron chi connectivity index (χ1n) is 7.96. The highest BCUT2D eigenvalue weighted by Gasteiger charge is 1.98. The van der Waals surface area contributed by atoms with Gasteiger partial charge in [-0.1, -0.05) is 69.9 Å². The Labute approximate surface area is 117 Å². The second-order valence-corrected chi connectivity index (χ2v) is 5.36. The maximum atomic E-state index is 5.50. The van der Waals surface area contributed by atoms with E-state index in [9.17, 15) is 0 Å². The summed E-state index contributed by atoms with van der Waals surface area (Å²) in [6.07, 6.45) is 15.6. The lowest BCUT2D eigenvalue weighted by Crippen LogP contribution is -1.99. The van der Waals surface area contributed by atoms with Gasteiger partial charge in [-0.25, -0.2) is 0 Å². The summed E-state index contributed by atoms with van der Waals surface area (Å²) in [5, 5.41) is 8.04. The third-order valence-electron chi connectivity index (χ3n) is 3.54. The van der Waals surface area contributed by atoms with Gasteiger partial charge < -0.3 is 5.73 Å². The Kier molecular flexibility index (Phi) is 9.33. The Morgan fingerprint density at radius 1 is 0.947 bits per heavy atom. The summed E-state index contributed by atoms with van der Waals surface area (Å²) in [5.74, 6) is 0. The van der Waals surface area contributed by atoms with E-state index in [2.05, 4.69) is 17.2 Å². The summed E-state index contributed by atoms with van der Waals surface area (Å²) < 4.78 is 1.91. The largest absolute Gasteiger partial charge is 0.325 e. The minimum Gasteiger partial charge on any atom is -0.325 e. The van der Waals surface area contributed by atoms with Gasteiger partial charge >= 0.3 is 0 Å². The van der Waals surface area contributed by atoms with Crippen LogP contribution in [-0.4, -0.2) is 15.0 Å². The molecule has 0 saturated carbocycles. The molecule has 0 aromatic carbocycles. The highest BCUT2D eigenvalue weighted by atomic mass is 15.4. The van der Waals surface area contributed by atoms with Crippen LogP contribution in [0.2, 0.25) is 0 Å². The zero-order valence-electron chi connectivity index (χ0n) is 12.5. The zero-order chi connectivity index (χ0) is 13.8. The molecule has 1 aromatic rings. The van der Waals surface area contributed by atoms with E-state index in [1.807, 2.05) is 10.9 Å². The van der Waals surface area contributed by atoms with Gasteiger partial charge in [-0.15, -0.1) is 5.10 Å². The van der Waals surface area contributed by atoms with Crippen molar-refractivity contribution in [3.8, 4) is 0 Å². The number of rotatable bonds is 12. The van der Waals surface area contributed by atoms with Crippen molar-refractivity contribution < 1.29 is 0 Å². The lowest BCUT2D eigenvalue weighted by molar-refractivity contribution is 0.507. The Hall–Kier alpha value is -0.900. The van der Waals surface area contributed by atoms with Crippen molar-refractivity contribution in [2.75, 3.05) is 0 Å². The van der Waals surface area contributed by atoms with Crippen LogP contribution < -0.4 is 5.73 Å². The first-order valence-corrected chi connectivity index (χ1v) is 7.96. The molecule has 0 atom stereocenters. The summed E-state index contributed by atoms with van der Waals surface area (Å²) in [7, 11) is 0. The molecule has 4 nitrogen and oxygen atoms in total. The molecule has 1 aromatic heterocycles. The summed E-state index contributed by atoms with van der Waals surface area (Å²) >= 11 is 0. The van der Waals surface area contributed by atoms with Gasteiger partial charge in [-0.3, -0.25) is 4.68 Å². The maximum Gasteiger partial charge on any atom is 0.0962 e. The smallest absolute Gasteiger partial charge is 0.0962 e. The number of hydrogen-bond donors (Lipinski definition) is 1. The molecule has 0 bridgehead atoms. The molecule has 0 aliphatic carbocycles. The van der Waals surface area contributed by atoms with Gasteiger partial charge in [0, 0.05) is 19.3 Å². The van der Waals surface area contributed by atoms with Crippen molar-refractivity contribution in [2.45, 2.75) is 84.2 Å². The number of nitrogens with two attached hydrogens (primary N) is 1. The van der Waals surface area contributed by atoms with Crippen LogP contribution >= 0.6 is 0 Å². The lowest BCUT2D eigenvalue weighted by atomic mass is 10.1.